The van der Waals surface area contributed by atoms with E-state index in [1.807, 2.05) is 30.3 Å². The van der Waals surface area contributed by atoms with E-state index >= 15 is 0 Å². The second-order valence-corrected chi connectivity index (χ2v) is 5.19. The van der Waals surface area contributed by atoms with Gasteiger partial charge in [0.1, 0.15) is 0 Å². The molecule has 0 aliphatic heterocycles. The van der Waals surface area contributed by atoms with Crippen molar-refractivity contribution in [3.63, 3.8) is 0 Å². The van der Waals surface area contributed by atoms with Crippen molar-refractivity contribution in [1.29, 1.82) is 0 Å². The molecule has 0 unspecified atom stereocenters. The highest BCUT2D eigenvalue weighted by Gasteiger charge is 2.16. The van der Waals surface area contributed by atoms with Gasteiger partial charge in [-0.1, -0.05) is 55.7 Å². The predicted octanol–water partition coefficient (Wildman–Crippen LogP) is 4.61. The highest BCUT2D eigenvalue weighted by Crippen LogP contribution is 2.26. The van der Waals surface area contributed by atoms with Gasteiger partial charge in [0.25, 0.3) is 0 Å². The smallest absolute Gasteiger partial charge is 0.189 e. The quantitative estimate of drug-likeness (QED) is 0.440. The normalized spacial score (nSPS) is 17.7. The Morgan fingerprint density at radius 1 is 1.17 bits per heavy atom. The third-order valence-corrected chi connectivity index (χ3v) is 3.85. The molecule has 1 aromatic rings. The summed E-state index contributed by atoms with van der Waals surface area (Å²) in [4.78, 5) is 12.3. The molecule has 96 valence electrons. The van der Waals surface area contributed by atoms with Crippen molar-refractivity contribution in [3.8, 4) is 0 Å². The molecule has 1 aromatic carbocycles. The van der Waals surface area contributed by atoms with E-state index in [4.69, 9.17) is 11.6 Å². The molecule has 1 aliphatic rings. The number of halogens is 1. The second kappa shape index (κ2) is 6.75. The molecule has 1 aliphatic carbocycles. The minimum Gasteiger partial charge on any atom is -0.289 e. The lowest BCUT2D eigenvalue weighted by molar-refractivity contribution is 0.103. The average Bonchev–Trinajstić information content (AvgIpc) is 2.46. The molecule has 0 saturated heterocycles. The van der Waals surface area contributed by atoms with Gasteiger partial charge in [-0.15, -0.1) is 11.6 Å². The Morgan fingerprint density at radius 3 is 2.44 bits per heavy atom. The predicted molar refractivity (Wildman–Crippen MR) is 76.2 cm³/mol. The summed E-state index contributed by atoms with van der Waals surface area (Å²) < 4.78 is 0. The van der Waals surface area contributed by atoms with E-state index < -0.39 is 0 Å². The zero-order valence-corrected chi connectivity index (χ0v) is 11.3. The average molecular weight is 263 g/mol. The minimum absolute atomic E-state index is 0.0798. The molecule has 0 amide bonds. The number of ketones is 1. The number of carbonyl (C=O) groups is 1. The number of Topliss-reactive ketones (excluding diaryl/α,β-unsaturated/α-hetero) is 1. The molecule has 2 heteroatoms. The maximum Gasteiger partial charge on any atom is 0.189 e. The van der Waals surface area contributed by atoms with Crippen LogP contribution in [0.15, 0.2) is 42.0 Å². The summed E-state index contributed by atoms with van der Waals surface area (Å²) in [6, 6.07) is 9.40. The summed E-state index contributed by atoms with van der Waals surface area (Å²) in [5.74, 6) is 0.931. The zero-order chi connectivity index (χ0) is 12.8. The van der Waals surface area contributed by atoms with Gasteiger partial charge in [0.2, 0.25) is 0 Å². The number of allylic oxidation sites excluding steroid dienone is 2. The van der Waals surface area contributed by atoms with Crippen LogP contribution >= 0.6 is 11.6 Å². The van der Waals surface area contributed by atoms with Gasteiger partial charge in [0.15, 0.2) is 5.78 Å². The lowest BCUT2D eigenvalue weighted by Crippen LogP contribution is -2.10. The Kier molecular flexibility index (Phi) is 5.00. The Balaban J connectivity index is 2.12. The van der Waals surface area contributed by atoms with Crippen molar-refractivity contribution in [2.45, 2.75) is 32.1 Å². The van der Waals surface area contributed by atoms with Gasteiger partial charge in [-0.2, -0.15) is 0 Å². The van der Waals surface area contributed by atoms with Gasteiger partial charge in [-0.05, 0) is 18.8 Å². The van der Waals surface area contributed by atoms with Gasteiger partial charge in [0, 0.05) is 11.1 Å². The minimum atomic E-state index is 0.0798. The largest absolute Gasteiger partial charge is 0.289 e. The third-order valence-electron chi connectivity index (χ3n) is 3.56. The van der Waals surface area contributed by atoms with Crippen molar-refractivity contribution < 1.29 is 4.79 Å². The first-order valence-electron chi connectivity index (χ1n) is 6.67. The third kappa shape index (κ3) is 3.46. The summed E-state index contributed by atoms with van der Waals surface area (Å²) in [6.07, 6.45) is 8.38. The Bertz CT molecular complexity index is 416. The van der Waals surface area contributed by atoms with Gasteiger partial charge in [-0.3, -0.25) is 4.79 Å². The van der Waals surface area contributed by atoms with Crippen LogP contribution in [0.1, 0.15) is 42.5 Å². The molecule has 1 fully saturated rings. The monoisotopic (exact) mass is 262 g/mol. The number of rotatable bonds is 4. The summed E-state index contributed by atoms with van der Waals surface area (Å²) in [7, 11) is 0. The SMILES string of the molecule is O=C(/C(=C/C1CCCCC1)CCl)c1ccccc1. The Morgan fingerprint density at radius 2 is 1.83 bits per heavy atom. The molecule has 18 heavy (non-hydrogen) atoms. The fraction of sp³-hybridized carbons (Fsp3) is 0.438. The van der Waals surface area contributed by atoms with Crippen LogP contribution in [0, 0.1) is 5.92 Å². The lowest BCUT2D eigenvalue weighted by atomic mass is 9.87. The fourth-order valence-corrected chi connectivity index (χ4v) is 2.75. The van der Waals surface area contributed by atoms with Crippen molar-refractivity contribution in [1.82, 2.24) is 0 Å². The maximum absolute atomic E-state index is 12.3. The van der Waals surface area contributed by atoms with E-state index in [9.17, 15) is 4.79 Å². The topological polar surface area (TPSA) is 17.1 Å². The van der Waals surface area contributed by atoms with Crippen LogP contribution in [0.2, 0.25) is 0 Å². The standard InChI is InChI=1S/C16H19ClO/c17-12-15(11-13-7-3-1-4-8-13)16(18)14-9-5-2-6-10-14/h2,5-6,9-11,13H,1,3-4,7-8,12H2/b15-11+. The summed E-state index contributed by atoms with van der Waals surface area (Å²) in [6.45, 7) is 0. The summed E-state index contributed by atoms with van der Waals surface area (Å²) in [5, 5.41) is 0. The Hall–Kier alpha value is -1.08. The molecular weight excluding hydrogens is 244 g/mol. The van der Waals surface area contributed by atoms with Gasteiger partial charge < -0.3 is 0 Å². The van der Waals surface area contributed by atoms with Crippen LogP contribution in [-0.2, 0) is 0 Å². The lowest BCUT2D eigenvalue weighted by Gasteiger charge is -2.19. The summed E-state index contributed by atoms with van der Waals surface area (Å²) in [5.41, 5.74) is 1.50. The van der Waals surface area contributed by atoms with Crippen LogP contribution in [0.4, 0.5) is 0 Å². The Labute approximate surface area is 114 Å². The number of benzene rings is 1. The van der Waals surface area contributed by atoms with Gasteiger partial charge in [-0.25, -0.2) is 0 Å². The van der Waals surface area contributed by atoms with Crippen molar-refractivity contribution in [2.24, 2.45) is 5.92 Å². The molecule has 0 bridgehead atoms. The molecule has 0 atom stereocenters. The molecule has 0 aromatic heterocycles. The molecule has 0 radical (unpaired) electrons. The molecule has 0 spiro atoms. The first-order valence-corrected chi connectivity index (χ1v) is 7.21. The van der Waals surface area contributed by atoms with E-state index in [2.05, 4.69) is 6.08 Å². The molecule has 0 heterocycles. The van der Waals surface area contributed by atoms with E-state index in [1.54, 1.807) is 0 Å². The van der Waals surface area contributed by atoms with Crippen LogP contribution in [0.3, 0.4) is 0 Å². The molecule has 2 rings (SSSR count). The van der Waals surface area contributed by atoms with Crippen LogP contribution in [-0.4, -0.2) is 11.7 Å². The number of hydrogen-bond donors (Lipinski definition) is 0. The van der Waals surface area contributed by atoms with E-state index in [1.165, 1.54) is 32.1 Å². The van der Waals surface area contributed by atoms with Crippen molar-refractivity contribution >= 4 is 17.4 Å². The number of alkyl halides is 1. The van der Waals surface area contributed by atoms with E-state index in [0.717, 1.165) is 11.1 Å². The fourth-order valence-electron chi connectivity index (χ4n) is 2.54. The van der Waals surface area contributed by atoms with E-state index in [0.29, 0.717) is 11.8 Å². The number of carbonyl (C=O) groups excluding carboxylic acids is 1. The second-order valence-electron chi connectivity index (χ2n) is 4.92. The molecule has 1 saturated carbocycles. The first-order chi connectivity index (χ1) is 8.81. The van der Waals surface area contributed by atoms with Crippen LogP contribution in [0.5, 0.6) is 0 Å². The first kappa shape index (κ1) is 13.4. The maximum atomic E-state index is 12.3. The van der Waals surface area contributed by atoms with E-state index in [-0.39, 0.29) is 5.78 Å². The highest BCUT2D eigenvalue weighted by molar-refractivity contribution is 6.24. The van der Waals surface area contributed by atoms with Crippen molar-refractivity contribution in [2.75, 3.05) is 5.88 Å². The molecule has 0 N–H and O–H groups in total. The van der Waals surface area contributed by atoms with Crippen LogP contribution < -0.4 is 0 Å². The van der Waals surface area contributed by atoms with Gasteiger partial charge >= 0.3 is 0 Å². The van der Waals surface area contributed by atoms with Gasteiger partial charge in [0.05, 0.1) is 5.88 Å². The van der Waals surface area contributed by atoms with Crippen molar-refractivity contribution in [3.05, 3.63) is 47.5 Å². The summed E-state index contributed by atoms with van der Waals surface area (Å²) >= 11 is 5.94. The highest BCUT2D eigenvalue weighted by atomic mass is 35.5. The molecular formula is C16H19ClO. The number of hydrogen-bond acceptors (Lipinski definition) is 1. The molecule has 1 nitrogen and oxygen atoms in total. The zero-order valence-electron chi connectivity index (χ0n) is 10.6. The van der Waals surface area contributed by atoms with Crippen LogP contribution in [0.25, 0.3) is 0 Å².